The fraction of sp³-hybridized carbons (Fsp3) is 0.211. The molecule has 0 saturated heterocycles. The number of aryl methyl sites for hydroxylation is 2. The third kappa shape index (κ3) is 3.20. The van der Waals surface area contributed by atoms with Gasteiger partial charge in [0.15, 0.2) is 0 Å². The molecule has 0 aliphatic heterocycles. The highest BCUT2D eigenvalue weighted by Gasteiger charge is 2.10. The molecule has 0 radical (unpaired) electrons. The molecule has 0 aliphatic carbocycles. The molecule has 3 rings (SSSR count). The first-order chi connectivity index (χ1) is 11.6. The highest BCUT2D eigenvalue weighted by Crippen LogP contribution is 2.18. The molecule has 122 valence electrons. The van der Waals surface area contributed by atoms with Gasteiger partial charge >= 0.3 is 0 Å². The Morgan fingerprint density at radius 2 is 1.75 bits per heavy atom. The summed E-state index contributed by atoms with van der Waals surface area (Å²) in [5.74, 6) is 0.608. The molecule has 5 nitrogen and oxygen atoms in total. The van der Waals surface area contributed by atoms with Crippen molar-refractivity contribution in [2.45, 2.75) is 20.4 Å². The zero-order valence-corrected chi connectivity index (χ0v) is 14.0. The van der Waals surface area contributed by atoms with E-state index in [1.807, 2.05) is 44.2 Å². The van der Waals surface area contributed by atoms with Gasteiger partial charge in [-0.1, -0.05) is 18.2 Å². The summed E-state index contributed by atoms with van der Waals surface area (Å²) in [6.45, 7) is 4.24. The number of ether oxygens (including phenoxy) is 1. The Bertz CT molecular complexity index is 906. The standard InChI is InChI=1S/C19H19N3O2/c1-12-13(2)22-17-10-14(8-9-16(17)21-12)19(23)20-11-15-6-4-5-7-18(15)24-3/h4-10H,11H2,1-3H3,(H,20,23). The van der Waals surface area contributed by atoms with Gasteiger partial charge in [-0.05, 0) is 38.1 Å². The lowest BCUT2D eigenvalue weighted by Crippen LogP contribution is -2.23. The van der Waals surface area contributed by atoms with Crippen molar-refractivity contribution in [3.8, 4) is 5.75 Å². The van der Waals surface area contributed by atoms with E-state index in [9.17, 15) is 4.79 Å². The molecule has 24 heavy (non-hydrogen) atoms. The molecule has 1 heterocycles. The van der Waals surface area contributed by atoms with Gasteiger partial charge in [0, 0.05) is 17.7 Å². The van der Waals surface area contributed by atoms with Crippen LogP contribution in [-0.4, -0.2) is 23.0 Å². The number of nitrogens with one attached hydrogen (secondary N) is 1. The average molecular weight is 321 g/mol. The van der Waals surface area contributed by atoms with Crippen LogP contribution in [0.3, 0.4) is 0 Å². The minimum atomic E-state index is -0.150. The minimum absolute atomic E-state index is 0.150. The van der Waals surface area contributed by atoms with Crippen molar-refractivity contribution in [1.29, 1.82) is 0 Å². The van der Waals surface area contributed by atoms with E-state index >= 15 is 0 Å². The first-order valence-electron chi connectivity index (χ1n) is 7.73. The van der Waals surface area contributed by atoms with E-state index in [4.69, 9.17) is 4.74 Å². The van der Waals surface area contributed by atoms with Crippen molar-refractivity contribution in [2.24, 2.45) is 0 Å². The van der Waals surface area contributed by atoms with E-state index in [0.29, 0.717) is 12.1 Å². The maximum atomic E-state index is 12.4. The van der Waals surface area contributed by atoms with E-state index in [2.05, 4.69) is 15.3 Å². The largest absolute Gasteiger partial charge is 0.496 e. The molecule has 1 N–H and O–H groups in total. The lowest BCUT2D eigenvalue weighted by Gasteiger charge is -2.10. The van der Waals surface area contributed by atoms with Crippen molar-refractivity contribution >= 4 is 16.9 Å². The summed E-state index contributed by atoms with van der Waals surface area (Å²) in [5, 5.41) is 2.91. The fourth-order valence-corrected chi connectivity index (χ4v) is 2.50. The van der Waals surface area contributed by atoms with Crippen LogP contribution >= 0.6 is 0 Å². The van der Waals surface area contributed by atoms with E-state index < -0.39 is 0 Å². The molecule has 0 saturated carbocycles. The van der Waals surface area contributed by atoms with Crippen molar-refractivity contribution in [2.75, 3.05) is 7.11 Å². The first kappa shape index (κ1) is 15.9. The predicted molar refractivity (Wildman–Crippen MR) is 93.2 cm³/mol. The number of rotatable bonds is 4. The highest BCUT2D eigenvalue weighted by atomic mass is 16.5. The first-order valence-corrected chi connectivity index (χ1v) is 7.73. The number of fused-ring (bicyclic) bond motifs is 1. The molecular weight excluding hydrogens is 302 g/mol. The predicted octanol–water partition coefficient (Wildman–Crippen LogP) is 3.19. The molecule has 0 bridgehead atoms. The lowest BCUT2D eigenvalue weighted by atomic mass is 10.1. The summed E-state index contributed by atoms with van der Waals surface area (Å²) in [6, 6.07) is 13.0. The Hall–Kier alpha value is -2.95. The number of carbonyl (C=O) groups is 1. The maximum absolute atomic E-state index is 12.4. The zero-order chi connectivity index (χ0) is 17.1. The van der Waals surface area contributed by atoms with Gasteiger partial charge in [-0.2, -0.15) is 0 Å². The van der Waals surface area contributed by atoms with Gasteiger partial charge in [0.25, 0.3) is 5.91 Å². The summed E-state index contributed by atoms with van der Waals surface area (Å²) in [7, 11) is 1.62. The molecule has 5 heteroatoms. The van der Waals surface area contributed by atoms with E-state index in [0.717, 1.165) is 33.7 Å². The monoisotopic (exact) mass is 321 g/mol. The molecule has 2 aromatic carbocycles. The molecular formula is C19H19N3O2. The van der Waals surface area contributed by atoms with Gasteiger partial charge in [-0.25, -0.2) is 9.97 Å². The topological polar surface area (TPSA) is 64.1 Å². The normalized spacial score (nSPS) is 10.6. The number of hydrogen-bond acceptors (Lipinski definition) is 4. The molecule has 0 aliphatic rings. The third-order valence-corrected chi connectivity index (χ3v) is 3.97. The number of para-hydroxylation sites is 1. The SMILES string of the molecule is COc1ccccc1CNC(=O)c1ccc2nc(C)c(C)nc2c1. The van der Waals surface area contributed by atoms with Gasteiger partial charge in [-0.3, -0.25) is 4.79 Å². The van der Waals surface area contributed by atoms with Gasteiger partial charge < -0.3 is 10.1 Å². The van der Waals surface area contributed by atoms with Crippen molar-refractivity contribution in [3.05, 3.63) is 65.0 Å². The van der Waals surface area contributed by atoms with Crippen LogP contribution in [0.25, 0.3) is 11.0 Å². The lowest BCUT2D eigenvalue weighted by molar-refractivity contribution is 0.0951. The minimum Gasteiger partial charge on any atom is -0.496 e. The van der Waals surface area contributed by atoms with Crippen molar-refractivity contribution < 1.29 is 9.53 Å². The van der Waals surface area contributed by atoms with Crippen LogP contribution < -0.4 is 10.1 Å². The maximum Gasteiger partial charge on any atom is 0.251 e. The third-order valence-electron chi connectivity index (χ3n) is 3.97. The summed E-state index contributed by atoms with van der Waals surface area (Å²) in [6.07, 6.45) is 0. The van der Waals surface area contributed by atoms with Crippen LogP contribution in [0.5, 0.6) is 5.75 Å². The smallest absolute Gasteiger partial charge is 0.251 e. The molecule has 0 atom stereocenters. The molecule has 0 fully saturated rings. The van der Waals surface area contributed by atoms with Crippen molar-refractivity contribution in [3.63, 3.8) is 0 Å². The van der Waals surface area contributed by atoms with Crippen LogP contribution in [0.4, 0.5) is 0 Å². The van der Waals surface area contributed by atoms with Gasteiger partial charge in [0.05, 0.1) is 29.5 Å². The Morgan fingerprint density at radius 1 is 1.04 bits per heavy atom. The number of methoxy groups -OCH3 is 1. The number of amides is 1. The molecule has 1 amide bonds. The van der Waals surface area contributed by atoms with Gasteiger partial charge in [0.1, 0.15) is 5.75 Å². The average Bonchev–Trinajstić information content (AvgIpc) is 2.60. The summed E-state index contributed by atoms with van der Waals surface area (Å²) in [4.78, 5) is 21.4. The number of hydrogen-bond donors (Lipinski definition) is 1. The second-order valence-electron chi connectivity index (χ2n) is 5.59. The van der Waals surface area contributed by atoms with E-state index in [-0.39, 0.29) is 5.91 Å². The molecule has 0 unspecified atom stereocenters. The second-order valence-corrected chi connectivity index (χ2v) is 5.59. The van der Waals surface area contributed by atoms with Crippen LogP contribution in [0.15, 0.2) is 42.5 Å². The summed E-state index contributed by atoms with van der Waals surface area (Å²) >= 11 is 0. The van der Waals surface area contributed by atoms with Crippen molar-refractivity contribution in [1.82, 2.24) is 15.3 Å². The Balaban J connectivity index is 1.80. The molecule has 0 spiro atoms. The molecule has 3 aromatic rings. The number of nitrogens with zero attached hydrogens (tertiary/aromatic N) is 2. The van der Waals surface area contributed by atoms with Crippen LogP contribution in [0.2, 0.25) is 0 Å². The Morgan fingerprint density at radius 3 is 2.50 bits per heavy atom. The highest BCUT2D eigenvalue weighted by molar-refractivity contribution is 5.97. The van der Waals surface area contributed by atoms with Gasteiger partial charge in [-0.15, -0.1) is 0 Å². The van der Waals surface area contributed by atoms with E-state index in [1.54, 1.807) is 19.2 Å². The van der Waals surface area contributed by atoms with Crippen LogP contribution in [0.1, 0.15) is 27.3 Å². The second kappa shape index (κ2) is 6.66. The molecule has 1 aromatic heterocycles. The van der Waals surface area contributed by atoms with E-state index in [1.165, 1.54) is 0 Å². The Kier molecular flexibility index (Phi) is 4.42. The van der Waals surface area contributed by atoms with Crippen LogP contribution in [-0.2, 0) is 6.54 Å². The fourth-order valence-electron chi connectivity index (χ4n) is 2.50. The number of carbonyl (C=O) groups excluding carboxylic acids is 1. The van der Waals surface area contributed by atoms with Gasteiger partial charge in [0.2, 0.25) is 0 Å². The number of benzene rings is 2. The summed E-state index contributed by atoms with van der Waals surface area (Å²) < 4.78 is 5.30. The Labute approximate surface area is 140 Å². The summed E-state index contributed by atoms with van der Waals surface area (Å²) in [5.41, 5.74) is 4.78. The zero-order valence-electron chi connectivity index (χ0n) is 14.0. The van der Waals surface area contributed by atoms with Crippen LogP contribution in [0, 0.1) is 13.8 Å². The number of aromatic nitrogens is 2. The quantitative estimate of drug-likeness (QED) is 0.801.